The van der Waals surface area contributed by atoms with E-state index in [-0.39, 0.29) is 5.91 Å². The molecule has 3 rings (SSSR count). The molecule has 1 aliphatic heterocycles. The molecule has 1 amide bonds. The summed E-state index contributed by atoms with van der Waals surface area (Å²) in [6.45, 7) is 0. The van der Waals surface area contributed by atoms with Crippen LogP contribution in [0.4, 0.5) is 5.69 Å². The first kappa shape index (κ1) is 16.4. The second-order valence-corrected chi connectivity index (χ2v) is 6.65. The Kier molecular flexibility index (Phi) is 4.78. The fraction of sp³-hybridized carbons (Fsp3) is 0.0556. The zero-order chi connectivity index (χ0) is 17.1. The summed E-state index contributed by atoms with van der Waals surface area (Å²) in [7, 11) is 1.56. The normalized spacial score (nSPS) is 15.9. The summed E-state index contributed by atoms with van der Waals surface area (Å²) in [4.78, 5) is 25.5. The molecule has 120 valence electrons. The average Bonchev–Trinajstić information content (AvgIpc) is 2.89. The molecule has 2 aromatic carbocycles. The van der Waals surface area contributed by atoms with Crippen LogP contribution in [0, 0.1) is 0 Å². The van der Waals surface area contributed by atoms with Crippen LogP contribution >= 0.6 is 24.0 Å². The van der Waals surface area contributed by atoms with Crippen molar-refractivity contribution in [1.82, 2.24) is 0 Å². The maximum Gasteiger partial charge on any atom is 0.270 e. The van der Waals surface area contributed by atoms with Gasteiger partial charge in [0.1, 0.15) is 12.0 Å². The molecule has 0 bridgehead atoms. The zero-order valence-corrected chi connectivity index (χ0v) is 14.4. The lowest BCUT2D eigenvalue weighted by atomic mass is 10.1. The van der Waals surface area contributed by atoms with Gasteiger partial charge < -0.3 is 4.74 Å². The monoisotopic (exact) mass is 355 g/mol. The smallest absolute Gasteiger partial charge is 0.270 e. The summed E-state index contributed by atoms with van der Waals surface area (Å²) in [6.07, 6.45) is 2.55. The molecular formula is C18H13NO3S2. The van der Waals surface area contributed by atoms with Crippen LogP contribution in [-0.4, -0.2) is 23.6 Å². The van der Waals surface area contributed by atoms with Gasteiger partial charge in [0.2, 0.25) is 0 Å². The number of anilines is 1. The summed E-state index contributed by atoms with van der Waals surface area (Å²) in [5.41, 5.74) is 2.05. The number of carbonyl (C=O) groups is 2. The molecule has 1 aliphatic rings. The minimum atomic E-state index is -0.186. The largest absolute Gasteiger partial charge is 0.495 e. The Morgan fingerprint density at radius 1 is 1.08 bits per heavy atom. The number of rotatable bonds is 4. The van der Waals surface area contributed by atoms with E-state index < -0.39 is 0 Å². The molecule has 0 saturated carbocycles. The number of nitrogens with zero attached hydrogens (tertiary/aromatic N) is 1. The lowest BCUT2D eigenvalue weighted by Crippen LogP contribution is -2.27. The van der Waals surface area contributed by atoms with Crippen LogP contribution in [-0.2, 0) is 4.79 Å². The number of hydrogen-bond donors (Lipinski definition) is 0. The minimum absolute atomic E-state index is 0.186. The molecule has 24 heavy (non-hydrogen) atoms. The third-order valence-corrected chi connectivity index (χ3v) is 4.79. The van der Waals surface area contributed by atoms with E-state index >= 15 is 0 Å². The molecule has 1 heterocycles. The van der Waals surface area contributed by atoms with Crippen LogP contribution in [0.25, 0.3) is 6.08 Å². The van der Waals surface area contributed by atoms with Crippen molar-refractivity contribution in [3.63, 3.8) is 0 Å². The molecule has 0 aromatic heterocycles. The van der Waals surface area contributed by atoms with E-state index in [2.05, 4.69) is 0 Å². The molecule has 0 atom stereocenters. The van der Waals surface area contributed by atoms with Gasteiger partial charge in [0.25, 0.3) is 5.91 Å². The second kappa shape index (κ2) is 6.98. The SMILES string of the molecule is COc1ccccc1N1C(=O)/C(=C\c2ccc(C=O)cc2)SC1=S. The van der Waals surface area contributed by atoms with Crippen LogP contribution in [0.5, 0.6) is 5.75 Å². The van der Waals surface area contributed by atoms with Crippen LogP contribution in [0.15, 0.2) is 53.4 Å². The number of para-hydroxylation sites is 2. The summed E-state index contributed by atoms with van der Waals surface area (Å²) in [6, 6.07) is 14.3. The Hall–Kier alpha value is -2.44. The molecule has 2 aromatic rings. The van der Waals surface area contributed by atoms with Gasteiger partial charge in [0.15, 0.2) is 4.32 Å². The predicted octanol–water partition coefficient (Wildman–Crippen LogP) is 3.91. The predicted molar refractivity (Wildman–Crippen MR) is 100 cm³/mol. The van der Waals surface area contributed by atoms with Crippen molar-refractivity contribution >= 4 is 52.3 Å². The van der Waals surface area contributed by atoms with E-state index in [9.17, 15) is 9.59 Å². The van der Waals surface area contributed by atoms with Gasteiger partial charge in [-0.1, -0.05) is 60.4 Å². The quantitative estimate of drug-likeness (QED) is 0.473. The van der Waals surface area contributed by atoms with Gasteiger partial charge in [-0.05, 0) is 23.8 Å². The number of methoxy groups -OCH3 is 1. The fourth-order valence-corrected chi connectivity index (χ4v) is 3.60. The molecule has 0 spiro atoms. The molecule has 0 radical (unpaired) electrons. The first-order valence-electron chi connectivity index (χ1n) is 7.10. The van der Waals surface area contributed by atoms with Gasteiger partial charge in [0.05, 0.1) is 17.7 Å². The third kappa shape index (κ3) is 3.11. The number of thiocarbonyl (C=S) groups is 1. The van der Waals surface area contributed by atoms with Crippen molar-refractivity contribution in [2.75, 3.05) is 12.0 Å². The number of aldehydes is 1. The molecule has 4 nitrogen and oxygen atoms in total. The topological polar surface area (TPSA) is 46.6 Å². The van der Waals surface area contributed by atoms with E-state index in [4.69, 9.17) is 17.0 Å². The Balaban J connectivity index is 1.93. The maximum absolute atomic E-state index is 12.7. The van der Waals surface area contributed by atoms with Crippen molar-refractivity contribution in [3.05, 3.63) is 64.6 Å². The lowest BCUT2D eigenvalue weighted by molar-refractivity contribution is -0.113. The van der Waals surface area contributed by atoms with Crippen molar-refractivity contribution < 1.29 is 14.3 Å². The highest BCUT2D eigenvalue weighted by Crippen LogP contribution is 2.39. The maximum atomic E-state index is 12.7. The van der Waals surface area contributed by atoms with Crippen LogP contribution < -0.4 is 9.64 Å². The minimum Gasteiger partial charge on any atom is -0.495 e. The van der Waals surface area contributed by atoms with E-state index in [0.717, 1.165) is 11.8 Å². The average molecular weight is 355 g/mol. The van der Waals surface area contributed by atoms with Gasteiger partial charge in [-0.3, -0.25) is 14.5 Å². The van der Waals surface area contributed by atoms with Gasteiger partial charge in [-0.15, -0.1) is 0 Å². The van der Waals surface area contributed by atoms with Gasteiger partial charge in [0, 0.05) is 5.56 Å². The Labute approximate surface area is 149 Å². The van der Waals surface area contributed by atoms with Gasteiger partial charge >= 0.3 is 0 Å². The fourth-order valence-electron chi connectivity index (χ4n) is 2.31. The first-order valence-corrected chi connectivity index (χ1v) is 8.32. The highest BCUT2D eigenvalue weighted by molar-refractivity contribution is 8.27. The number of thioether (sulfide) groups is 1. The first-order chi connectivity index (χ1) is 11.6. The third-order valence-electron chi connectivity index (χ3n) is 3.49. The second-order valence-electron chi connectivity index (χ2n) is 4.97. The van der Waals surface area contributed by atoms with E-state index in [1.807, 2.05) is 12.1 Å². The summed E-state index contributed by atoms with van der Waals surface area (Å²) in [5.74, 6) is 0.402. The number of carbonyl (C=O) groups excluding carboxylic acids is 2. The van der Waals surface area contributed by atoms with E-state index in [0.29, 0.717) is 26.2 Å². The number of ether oxygens (including phenoxy) is 1. The Bertz CT molecular complexity index is 844. The number of amides is 1. The lowest BCUT2D eigenvalue weighted by Gasteiger charge is -2.17. The highest BCUT2D eigenvalue weighted by atomic mass is 32.2. The molecular weight excluding hydrogens is 342 g/mol. The molecule has 1 fully saturated rings. The van der Waals surface area contributed by atoms with Crippen molar-refractivity contribution in [2.24, 2.45) is 0 Å². The summed E-state index contributed by atoms with van der Waals surface area (Å²) >= 11 is 6.61. The Morgan fingerprint density at radius 2 is 1.75 bits per heavy atom. The number of benzene rings is 2. The zero-order valence-electron chi connectivity index (χ0n) is 12.8. The van der Waals surface area contributed by atoms with E-state index in [1.165, 1.54) is 16.7 Å². The highest BCUT2D eigenvalue weighted by Gasteiger charge is 2.34. The van der Waals surface area contributed by atoms with Crippen molar-refractivity contribution in [3.8, 4) is 5.75 Å². The van der Waals surface area contributed by atoms with Gasteiger partial charge in [-0.25, -0.2) is 0 Å². The molecule has 1 saturated heterocycles. The summed E-state index contributed by atoms with van der Waals surface area (Å²) in [5, 5.41) is 0. The standard InChI is InChI=1S/C18H13NO3S2/c1-22-15-5-3-2-4-14(15)19-17(21)16(24-18(19)23)10-12-6-8-13(11-20)9-7-12/h2-11H,1H3/b16-10+. The molecule has 6 heteroatoms. The van der Waals surface area contributed by atoms with Crippen molar-refractivity contribution in [1.29, 1.82) is 0 Å². The Morgan fingerprint density at radius 3 is 2.42 bits per heavy atom. The molecule has 0 N–H and O–H groups in total. The van der Waals surface area contributed by atoms with Crippen LogP contribution in [0.2, 0.25) is 0 Å². The van der Waals surface area contributed by atoms with E-state index in [1.54, 1.807) is 49.6 Å². The van der Waals surface area contributed by atoms with Gasteiger partial charge in [-0.2, -0.15) is 0 Å². The van der Waals surface area contributed by atoms with Crippen LogP contribution in [0.1, 0.15) is 15.9 Å². The summed E-state index contributed by atoms with van der Waals surface area (Å²) < 4.78 is 5.78. The van der Waals surface area contributed by atoms with Crippen LogP contribution in [0.3, 0.4) is 0 Å². The van der Waals surface area contributed by atoms with Crippen molar-refractivity contribution in [2.45, 2.75) is 0 Å². The number of hydrogen-bond acceptors (Lipinski definition) is 5. The molecule has 0 unspecified atom stereocenters. The molecule has 0 aliphatic carbocycles.